The number of aliphatic hydroxyl groups is 1. The quantitative estimate of drug-likeness (QED) is 0.440. The Labute approximate surface area is 179 Å². The SMILES string of the molecule is O=C([O-])c1ccc(-n2[nH]nnc2=S)cc1N1[CH]C(O)CCC1.[K+]. The zero-order chi connectivity index (χ0) is 15.7. The van der Waals surface area contributed by atoms with Crippen LogP contribution in [-0.4, -0.2) is 43.9 Å². The Bertz CT molecular complexity index is 762. The predicted octanol–water partition coefficient (Wildman–Crippen LogP) is -3.18. The van der Waals surface area contributed by atoms with Crippen molar-refractivity contribution in [2.24, 2.45) is 0 Å². The van der Waals surface area contributed by atoms with Gasteiger partial charge in [-0.05, 0) is 43.3 Å². The summed E-state index contributed by atoms with van der Waals surface area (Å²) >= 11 is 5.04. The molecule has 10 heteroatoms. The predicted molar refractivity (Wildman–Crippen MR) is 77.8 cm³/mol. The molecule has 1 aromatic heterocycles. The van der Waals surface area contributed by atoms with Crippen molar-refractivity contribution in [2.75, 3.05) is 11.4 Å². The number of aromatic carboxylic acids is 1. The van der Waals surface area contributed by atoms with E-state index in [4.69, 9.17) is 12.2 Å². The molecule has 23 heavy (non-hydrogen) atoms. The van der Waals surface area contributed by atoms with E-state index in [-0.39, 0.29) is 61.7 Å². The number of nitrogens with zero attached hydrogens (tertiary/aromatic N) is 4. The summed E-state index contributed by atoms with van der Waals surface area (Å²) in [6.45, 7) is 2.23. The van der Waals surface area contributed by atoms with Gasteiger partial charge in [0.2, 0.25) is 4.77 Å². The van der Waals surface area contributed by atoms with Crippen molar-refractivity contribution in [3.8, 4) is 5.69 Å². The van der Waals surface area contributed by atoms with E-state index in [2.05, 4.69) is 15.5 Å². The number of aliphatic hydroxyl groups excluding tert-OH is 1. The van der Waals surface area contributed by atoms with Crippen molar-refractivity contribution in [1.82, 2.24) is 20.2 Å². The number of carbonyl (C=O) groups is 1. The zero-order valence-electron chi connectivity index (χ0n) is 12.5. The third kappa shape index (κ3) is 4.08. The molecule has 0 aliphatic carbocycles. The minimum atomic E-state index is -1.28. The number of carboxylic acids is 1. The molecule has 1 saturated heterocycles. The molecule has 115 valence electrons. The van der Waals surface area contributed by atoms with E-state index in [1.807, 2.05) is 0 Å². The Morgan fingerprint density at radius 2 is 2.26 bits per heavy atom. The summed E-state index contributed by atoms with van der Waals surface area (Å²) in [6.07, 6.45) is 0.828. The molecule has 0 saturated carbocycles. The molecule has 0 amide bonds. The van der Waals surface area contributed by atoms with Crippen molar-refractivity contribution in [3.63, 3.8) is 0 Å². The van der Waals surface area contributed by atoms with Gasteiger partial charge in [0.15, 0.2) is 0 Å². The van der Waals surface area contributed by atoms with Gasteiger partial charge in [0.05, 0.1) is 24.3 Å². The van der Waals surface area contributed by atoms with Crippen LogP contribution in [0.2, 0.25) is 0 Å². The van der Waals surface area contributed by atoms with Gasteiger partial charge in [-0.2, -0.15) is 5.21 Å². The van der Waals surface area contributed by atoms with Crippen LogP contribution in [0, 0.1) is 11.3 Å². The molecule has 3 rings (SSSR count). The minimum Gasteiger partial charge on any atom is -0.545 e. The number of carbonyl (C=O) groups excluding carboxylic acids is 1. The number of benzene rings is 1. The van der Waals surface area contributed by atoms with Crippen LogP contribution in [0.5, 0.6) is 0 Å². The monoisotopic (exact) mass is 358 g/mol. The van der Waals surface area contributed by atoms with Crippen LogP contribution >= 0.6 is 12.2 Å². The Morgan fingerprint density at radius 1 is 1.48 bits per heavy atom. The molecule has 8 nitrogen and oxygen atoms in total. The first-order chi connectivity index (χ1) is 10.6. The first-order valence-electron chi connectivity index (χ1n) is 6.72. The number of H-pyrrole nitrogens is 1. The van der Waals surface area contributed by atoms with Gasteiger partial charge in [0.25, 0.3) is 0 Å². The molecule has 1 radical (unpaired) electrons. The number of nitrogens with one attached hydrogen (secondary N) is 1. The third-order valence-electron chi connectivity index (χ3n) is 3.49. The van der Waals surface area contributed by atoms with Crippen LogP contribution in [0.4, 0.5) is 5.69 Å². The zero-order valence-corrected chi connectivity index (χ0v) is 16.4. The molecule has 1 aromatic carbocycles. The number of hydrogen-bond acceptors (Lipinski definition) is 7. The molecule has 1 atom stereocenters. The van der Waals surface area contributed by atoms with E-state index in [0.29, 0.717) is 24.3 Å². The summed E-state index contributed by atoms with van der Waals surface area (Å²) in [5.41, 5.74) is 1.09. The fourth-order valence-corrected chi connectivity index (χ4v) is 2.65. The van der Waals surface area contributed by atoms with Crippen LogP contribution in [0.3, 0.4) is 0 Å². The Morgan fingerprint density at radius 3 is 2.87 bits per heavy atom. The average Bonchev–Trinajstić information content (AvgIpc) is 2.92. The molecule has 0 bridgehead atoms. The first-order valence-corrected chi connectivity index (χ1v) is 7.12. The number of hydrogen-bond donors (Lipinski definition) is 2. The smallest absolute Gasteiger partial charge is 0.545 e. The number of rotatable bonds is 3. The molecular formula is C13H13KN5O3S. The number of anilines is 1. The molecular weight excluding hydrogens is 345 g/mol. The molecule has 1 unspecified atom stereocenters. The second kappa shape index (κ2) is 7.97. The van der Waals surface area contributed by atoms with Gasteiger partial charge in [0.1, 0.15) is 0 Å². The van der Waals surface area contributed by atoms with Gasteiger partial charge >= 0.3 is 51.4 Å². The maximum absolute atomic E-state index is 11.3. The number of carboxylic acid groups (broad SMARTS) is 1. The van der Waals surface area contributed by atoms with E-state index < -0.39 is 12.1 Å². The molecule has 2 aromatic rings. The van der Waals surface area contributed by atoms with Gasteiger partial charge in [-0.1, -0.05) is 10.3 Å². The topological polar surface area (TPSA) is 110 Å². The van der Waals surface area contributed by atoms with Gasteiger partial charge in [-0.25, -0.2) is 4.68 Å². The summed E-state index contributed by atoms with van der Waals surface area (Å²) in [5.74, 6) is -1.28. The Hall–Kier alpha value is -0.624. The average molecular weight is 358 g/mol. The largest absolute Gasteiger partial charge is 1.00 e. The van der Waals surface area contributed by atoms with Crippen molar-refractivity contribution >= 4 is 23.9 Å². The van der Waals surface area contributed by atoms with Gasteiger partial charge in [-0.15, -0.1) is 0 Å². The summed E-state index contributed by atoms with van der Waals surface area (Å²) < 4.78 is 1.69. The molecule has 1 aliphatic rings. The van der Waals surface area contributed by atoms with E-state index in [0.717, 1.165) is 6.42 Å². The molecule has 1 aliphatic heterocycles. The van der Waals surface area contributed by atoms with Crippen LogP contribution in [-0.2, 0) is 0 Å². The molecule has 1 fully saturated rings. The summed E-state index contributed by atoms with van der Waals surface area (Å²) in [5, 5.41) is 31.0. The van der Waals surface area contributed by atoms with Gasteiger partial charge in [0, 0.05) is 17.8 Å². The fourth-order valence-electron chi connectivity index (χ4n) is 2.46. The maximum atomic E-state index is 11.3. The number of tetrazole rings is 1. The van der Waals surface area contributed by atoms with E-state index in [1.165, 1.54) is 10.7 Å². The maximum Gasteiger partial charge on any atom is 1.00 e. The second-order valence-electron chi connectivity index (χ2n) is 4.96. The normalized spacial score (nSPS) is 17.6. The number of piperidine rings is 1. The summed E-state index contributed by atoms with van der Waals surface area (Å²) in [4.78, 5) is 13.1. The second-order valence-corrected chi connectivity index (χ2v) is 5.32. The standard InChI is InChI=1S/C13H14N5O3S.K/c19-9-2-1-5-17(7-9)11-6-8(3-4-10(11)12(20)21)18-13(22)14-15-16-18;/h3-4,6-7,9,19H,1-2,5H2,(H,20,21)(H,14,16,22);/q;+1/p-1. The Kier molecular flexibility index (Phi) is 6.48. The van der Waals surface area contributed by atoms with Crippen molar-refractivity contribution in [2.45, 2.75) is 18.9 Å². The summed E-state index contributed by atoms with van der Waals surface area (Å²) in [6, 6.07) is 4.68. The number of aromatic nitrogens is 4. The van der Waals surface area contributed by atoms with Crippen LogP contribution < -0.4 is 61.4 Å². The molecule has 2 N–H and O–H groups in total. The fraction of sp³-hybridized carbons (Fsp3) is 0.308. The summed E-state index contributed by atoms with van der Waals surface area (Å²) in [7, 11) is 0. The Balaban J connectivity index is 0.00000192. The van der Waals surface area contributed by atoms with Gasteiger partial charge < -0.3 is 19.9 Å². The van der Waals surface area contributed by atoms with E-state index in [1.54, 1.807) is 23.6 Å². The van der Waals surface area contributed by atoms with E-state index in [9.17, 15) is 15.0 Å². The first kappa shape index (κ1) is 18.7. The van der Waals surface area contributed by atoms with Gasteiger partial charge in [-0.3, -0.25) is 0 Å². The molecule has 2 heterocycles. The molecule has 0 spiro atoms. The third-order valence-corrected chi connectivity index (χ3v) is 3.76. The van der Waals surface area contributed by atoms with Crippen LogP contribution in [0.1, 0.15) is 23.2 Å². The number of aromatic amines is 1. The van der Waals surface area contributed by atoms with Crippen LogP contribution in [0.15, 0.2) is 18.2 Å². The van der Waals surface area contributed by atoms with Crippen molar-refractivity contribution in [3.05, 3.63) is 35.1 Å². The van der Waals surface area contributed by atoms with Crippen LogP contribution in [0.25, 0.3) is 5.69 Å². The van der Waals surface area contributed by atoms with Crippen molar-refractivity contribution < 1.29 is 66.4 Å². The van der Waals surface area contributed by atoms with Crippen molar-refractivity contribution in [1.29, 1.82) is 0 Å². The minimum absolute atomic E-state index is 0. The van der Waals surface area contributed by atoms with E-state index >= 15 is 0 Å².